The summed E-state index contributed by atoms with van der Waals surface area (Å²) in [5.41, 5.74) is 5.03. The Morgan fingerprint density at radius 1 is 1.19 bits per heavy atom. The molecule has 0 radical (unpaired) electrons. The average Bonchev–Trinajstić information content (AvgIpc) is 3.06. The topological polar surface area (TPSA) is 79.3 Å². The van der Waals surface area contributed by atoms with E-state index in [1.807, 2.05) is 59.8 Å². The van der Waals surface area contributed by atoms with Crippen molar-refractivity contribution in [2.24, 2.45) is 0 Å². The summed E-state index contributed by atoms with van der Waals surface area (Å²) in [5.74, 6) is -0.298. The van der Waals surface area contributed by atoms with E-state index < -0.39 is 0 Å². The lowest BCUT2D eigenvalue weighted by Crippen LogP contribution is -2.47. The van der Waals surface area contributed by atoms with Crippen molar-refractivity contribution in [3.8, 4) is 5.69 Å². The molecule has 1 aliphatic rings. The number of amides is 2. The van der Waals surface area contributed by atoms with Crippen LogP contribution in [-0.2, 0) is 9.59 Å². The Kier molecular flexibility index (Phi) is 6.28. The van der Waals surface area contributed by atoms with Crippen molar-refractivity contribution < 1.29 is 9.59 Å². The first kappa shape index (κ1) is 21.6. The normalized spacial score (nSPS) is 14.0. The zero-order valence-corrected chi connectivity index (χ0v) is 18.7. The fraction of sp³-hybridized carbons (Fsp3) is 0.208. The first-order valence-electron chi connectivity index (χ1n) is 10.3. The van der Waals surface area contributed by atoms with E-state index in [2.05, 4.69) is 15.7 Å². The number of carbonyl (C=O) groups is 2. The van der Waals surface area contributed by atoms with Crippen LogP contribution in [0.25, 0.3) is 11.8 Å². The minimum Gasteiger partial charge on any atom is -0.359 e. The van der Waals surface area contributed by atoms with Crippen molar-refractivity contribution in [3.05, 3.63) is 76.6 Å². The molecule has 1 aliphatic heterocycles. The molecule has 2 N–H and O–H groups in total. The molecule has 0 aliphatic carbocycles. The summed E-state index contributed by atoms with van der Waals surface area (Å²) in [6.45, 7) is 5.43. The highest BCUT2D eigenvalue weighted by Gasteiger charge is 2.19. The fourth-order valence-electron chi connectivity index (χ4n) is 3.74. The summed E-state index contributed by atoms with van der Waals surface area (Å²) < 4.78 is 1.87. The maximum atomic E-state index is 12.5. The maximum absolute atomic E-state index is 12.5. The highest BCUT2D eigenvalue weighted by atomic mass is 35.5. The molecule has 2 heterocycles. The molecule has 3 aromatic rings. The first-order valence-corrected chi connectivity index (χ1v) is 10.7. The predicted octanol–water partition coefficient (Wildman–Crippen LogP) is 3.73. The molecule has 1 saturated heterocycles. The van der Waals surface area contributed by atoms with Gasteiger partial charge in [0.15, 0.2) is 0 Å². The van der Waals surface area contributed by atoms with Crippen molar-refractivity contribution in [3.63, 3.8) is 0 Å². The molecular formula is C24H24ClN5O2. The number of anilines is 2. The van der Waals surface area contributed by atoms with Crippen LogP contribution >= 0.6 is 11.6 Å². The van der Waals surface area contributed by atoms with Gasteiger partial charge in [-0.1, -0.05) is 29.8 Å². The highest BCUT2D eigenvalue weighted by molar-refractivity contribution is 6.33. The SMILES string of the molecule is Cc1nn(-c2ccccc2)c(C)c1C=CC(=O)Nc1ccc(N2CCNC(=O)C2)c(Cl)c1. The van der Waals surface area contributed by atoms with Gasteiger partial charge < -0.3 is 15.5 Å². The molecule has 0 saturated carbocycles. The standard InChI is InChI=1S/C24H24ClN5O2/c1-16-20(17(2)30(28-16)19-6-4-3-5-7-19)9-11-23(31)27-18-8-10-22(21(25)14-18)29-13-12-26-24(32)15-29/h3-11,14H,12-13,15H2,1-2H3,(H,26,32)(H,27,31). The molecule has 0 unspecified atom stereocenters. The van der Waals surface area contributed by atoms with Crippen molar-refractivity contribution in [2.45, 2.75) is 13.8 Å². The third-order valence-corrected chi connectivity index (χ3v) is 5.65. The molecule has 0 atom stereocenters. The van der Waals surface area contributed by atoms with Gasteiger partial charge in [-0.15, -0.1) is 0 Å². The summed E-state index contributed by atoms with van der Waals surface area (Å²) in [7, 11) is 0. The van der Waals surface area contributed by atoms with Crippen LogP contribution in [0.2, 0.25) is 5.02 Å². The van der Waals surface area contributed by atoms with Gasteiger partial charge in [0.1, 0.15) is 0 Å². The van der Waals surface area contributed by atoms with E-state index in [-0.39, 0.29) is 18.4 Å². The quantitative estimate of drug-likeness (QED) is 0.582. The molecular weight excluding hydrogens is 426 g/mol. The average molecular weight is 450 g/mol. The summed E-state index contributed by atoms with van der Waals surface area (Å²) >= 11 is 6.42. The van der Waals surface area contributed by atoms with Crippen LogP contribution < -0.4 is 15.5 Å². The van der Waals surface area contributed by atoms with Crippen molar-refractivity contribution in [1.29, 1.82) is 0 Å². The number of para-hydroxylation sites is 1. The van der Waals surface area contributed by atoms with E-state index in [4.69, 9.17) is 11.6 Å². The molecule has 4 rings (SSSR count). The Bertz CT molecular complexity index is 1190. The van der Waals surface area contributed by atoms with Crippen LogP contribution in [0.3, 0.4) is 0 Å². The van der Waals surface area contributed by atoms with E-state index in [1.54, 1.807) is 18.2 Å². The van der Waals surface area contributed by atoms with Gasteiger partial charge in [-0.3, -0.25) is 9.59 Å². The zero-order valence-electron chi connectivity index (χ0n) is 17.9. The summed E-state index contributed by atoms with van der Waals surface area (Å²) in [5, 5.41) is 10.7. The largest absolute Gasteiger partial charge is 0.359 e. The van der Waals surface area contributed by atoms with Crippen LogP contribution in [-0.4, -0.2) is 41.2 Å². The molecule has 0 spiro atoms. The lowest BCUT2D eigenvalue weighted by atomic mass is 10.1. The molecule has 8 heteroatoms. The number of piperazine rings is 1. The number of halogens is 1. The summed E-state index contributed by atoms with van der Waals surface area (Å²) in [4.78, 5) is 26.0. The van der Waals surface area contributed by atoms with E-state index in [0.717, 1.165) is 28.3 Å². The number of nitrogens with one attached hydrogen (secondary N) is 2. The first-order chi connectivity index (χ1) is 15.4. The zero-order chi connectivity index (χ0) is 22.7. The van der Waals surface area contributed by atoms with Gasteiger partial charge >= 0.3 is 0 Å². The number of hydrogen-bond acceptors (Lipinski definition) is 4. The lowest BCUT2D eigenvalue weighted by molar-refractivity contribution is -0.120. The number of benzene rings is 2. The summed E-state index contributed by atoms with van der Waals surface area (Å²) in [6.07, 6.45) is 3.26. The van der Waals surface area contributed by atoms with Crippen molar-refractivity contribution in [2.75, 3.05) is 29.9 Å². The maximum Gasteiger partial charge on any atom is 0.248 e. The Hall–Kier alpha value is -3.58. The Balaban J connectivity index is 1.46. The smallest absolute Gasteiger partial charge is 0.248 e. The summed E-state index contributed by atoms with van der Waals surface area (Å²) in [6, 6.07) is 15.2. The Morgan fingerprint density at radius 2 is 1.97 bits per heavy atom. The molecule has 1 fully saturated rings. The number of carbonyl (C=O) groups excluding carboxylic acids is 2. The van der Waals surface area contributed by atoms with E-state index in [9.17, 15) is 9.59 Å². The monoisotopic (exact) mass is 449 g/mol. The third-order valence-electron chi connectivity index (χ3n) is 5.34. The van der Waals surface area contributed by atoms with Gasteiger partial charge in [-0.25, -0.2) is 4.68 Å². The van der Waals surface area contributed by atoms with Gasteiger partial charge in [0.25, 0.3) is 0 Å². The molecule has 32 heavy (non-hydrogen) atoms. The van der Waals surface area contributed by atoms with Gasteiger partial charge in [-0.05, 0) is 50.3 Å². The molecule has 1 aromatic heterocycles. The molecule has 0 bridgehead atoms. The number of rotatable bonds is 5. The second-order valence-electron chi connectivity index (χ2n) is 7.59. The molecule has 2 aromatic carbocycles. The van der Waals surface area contributed by atoms with Gasteiger partial charge in [-0.2, -0.15) is 5.10 Å². The van der Waals surface area contributed by atoms with Gasteiger partial charge in [0, 0.05) is 36.1 Å². The minimum absolute atomic E-state index is 0.0315. The van der Waals surface area contributed by atoms with Crippen LogP contribution in [0, 0.1) is 13.8 Å². The van der Waals surface area contributed by atoms with Crippen LogP contribution in [0.15, 0.2) is 54.6 Å². The number of hydrogen-bond donors (Lipinski definition) is 2. The van der Waals surface area contributed by atoms with Crippen molar-refractivity contribution in [1.82, 2.24) is 15.1 Å². The molecule has 164 valence electrons. The molecule has 2 amide bonds. The number of aryl methyl sites for hydroxylation is 1. The Labute approximate surface area is 191 Å². The minimum atomic E-state index is -0.266. The Morgan fingerprint density at radius 3 is 2.69 bits per heavy atom. The van der Waals surface area contributed by atoms with E-state index in [1.165, 1.54) is 6.08 Å². The van der Waals surface area contributed by atoms with Crippen molar-refractivity contribution >= 4 is 40.9 Å². The van der Waals surface area contributed by atoms with Gasteiger partial charge in [0.2, 0.25) is 11.8 Å². The van der Waals surface area contributed by atoms with Crippen LogP contribution in [0.4, 0.5) is 11.4 Å². The van der Waals surface area contributed by atoms with Crippen LogP contribution in [0.1, 0.15) is 17.0 Å². The fourth-order valence-corrected chi connectivity index (χ4v) is 4.04. The third kappa shape index (κ3) is 4.68. The second-order valence-corrected chi connectivity index (χ2v) is 8.00. The van der Waals surface area contributed by atoms with E-state index >= 15 is 0 Å². The van der Waals surface area contributed by atoms with E-state index in [0.29, 0.717) is 23.8 Å². The van der Waals surface area contributed by atoms with Crippen LogP contribution in [0.5, 0.6) is 0 Å². The lowest BCUT2D eigenvalue weighted by Gasteiger charge is -2.29. The van der Waals surface area contributed by atoms with Gasteiger partial charge in [0.05, 0.1) is 28.6 Å². The highest BCUT2D eigenvalue weighted by Crippen LogP contribution is 2.29. The number of nitrogens with zero attached hydrogens (tertiary/aromatic N) is 3. The second kappa shape index (κ2) is 9.28. The number of aromatic nitrogens is 2. The molecule has 7 nitrogen and oxygen atoms in total. The predicted molar refractivity (Wildman–Crippen MR) is 127 cm³/mol.